The summed E-state index contributed by atoms with van der Waals surface area (Å²) in [7, 11) is 0. The van der Waals surface area contributed by atoms with Gasteiger partial charge < -0.3 is 10.6 Å². The number of H-pyrrole nitrogens is 1. The predicted molar refractivity (Wildman–Crippen MR) is 178 cm³/mol. The lowest BCUT2D eigenvalue weighted by atomic mass is 9.97. The van der Waals surface area contributed by atoms with Crippen LogP contribution in [0.4, 0.5) is 14.5 Å². The van der Waals surface area contributed by atoms with E-state index < -0.39 is 5.82 Å². The molecule has 4 aromatic rings. The van der Waals surface area contributed by atoms with E-state index in [1.165, 1.54) is 18.2 Å². The Bertz CT molecular complexity index is 1680. The van der Waals surface area contributed by atoms with Crippen molar-refractivity contribution in [1.29, 1.82) is 0 Å². The van der Waals surface area contributed by atoms with Gasteiger partial charge in [0.2, 0.25) is 0 Å². The second-order valence-corrected chi connectivity index (χ2v) is 9.92. The van der Waals surface area contributed by atoms with Crippen molar-refractivity contribution < 1.29 is 8.78 Å². The van der Waals surface area contributed by atoms with E-state index in [0.29, 0.717) is 33.4 Å². The lowest BCUT2D eigenvalue weighted by molar-refractivity contribution is 0.627. The van der Waals surface area contributed by atoms with Gasteiger partial charge in [-0.05, 0) is 67.7 Å². The first-order chi connectivity index (χ1) is 20.7. The number of unbranched alkanes of at least 4 members (excludes halogenated alkanes) is 1. The summed E-state index contributed by atoms with van der Waals surface area (Å²) >= 11 is 0. The third kappa shape index (κ3) is 8.16. The van der Waals surface area contributed by atoms with Crippen molar-refractivity contribution in [3.8, 4) is 11.1 Å². The Balaban J connectivity index is 0.00000248. The molecule has 2 aromatic carbocycles. The fraction of sp³-hybridized carbons (Fsp3) is 0.222. The van der Waals surface area contributed by atoms with Crippen molar-refractivity contribution in [1.82, 2.24) is 20.5 Å². The molecule has 0 saturated heterocycles. The number of hydrogen-bond donors (Lipinski definition) is 3. The van der Waals surface area contributed by atoms with E-state index in [2.05, 4.69) is 52.5 Å². The molecule has 2 aromatic heterocycles. The Morgan fingerprint density at radius 2 is 1.81 bits per heavy atom. The smallest absolute Gasteiger partial charge is 0.133 e. The monoisotopic (exact) mass is 581 g/mol. The molecule has 43 heavy (non-hydrogen) atoms. The van der Waals surface area contributed by atoms with Crippen LogP contribution in [-0.4, -0.2) is 15.2 Å². The summed E-state index contributed by atoms with van der Waals surface area (Å²) in [5.41, 5.74) is 7.56. The zero-order valence-corrected chi connectivity index (χ0v) is 25.7. The average molecular weight is 582 g/mol. The van der Waals surface area contributed by atoms with Crippen LogP contribution in [-0.2, 0) is 0 Å². The van der Waals surface area contributed by atoms with Crippen molar-refractivity contribution in [3.05, 3.63) is 127 Å². The standard InChI is InChI=1S/C34H35F2N5.C2H6/c1-7-9-12-21(3)38-28-16-26(19-37-20-28)30-17-31-33(18-32(30)36)40-41-34(31)24(6)39-23(5)22(4)29(11-8-2)25-13-10-14-27(35)15-25;1-2/h8,10-11,13-20,38-39H,2-3,6-7,9,12H2,1,4-5H3,(H,40,41);1-2H3/b23-22+,29-11+;. The molecule has 3 N–H and O–H groups in total. The number of hydrogen-bond acceptors (Lipinski definition) is 4. The van der Waals surface area contributed by atoms with Gasteiger partial charge in [-0.3, -0.25) is 10.1 Å². The van der Waals surface area contributed by atoms with Gasteiger partial charge in [-0.2, -0.15) is 5.10 Å². The lowest BCUT2D eigenvalue weighted by Gasteiger charge is -2.15. The summed E-state index contributed by atoms with van der Waals surface area (Å²) in [6, 6.07) is 11.5. The normalized spacial score (nSPS) is 11.7. The Labute approximate surface area is 253 Å². The second kappa shape index (κ2) is 15.4. The third-order valence-electron chi connectivity index (χ3n) is 6.86. The molecule has 0 saturated carbocycles. The first-order valence-electron chi connectivity index (χ1n) is 14.5. The Hall–Kier alpha value is -4.78. The number of rotatable bonds is 12. The number of nitrogens with zero attached hydrogens (tertiary/aromatic N) is 2. The molecule has 0 aliphatic rings. The van der Waals surface area contributed by atoms with Crippen LogP contribution in [0.25, 0.3) is 33.3 Å². The highest BCUT2D eigenvalue weighted by Crippen LogP contribution is 2.32. The number of halogens is 2. The lowest BCUT2D eigenvalue weighted by Crippen LogP contribution is -2.11. The number of pyridine rings is 1. The maximum absolute atomic E-state index is 15.2. The van der Waals surface area contributed by atoms with E-state index in [4.69, 9.17) is 0 Å². The molecule has 0 aliphatic heterocycles. The van der Waals surface area contributed by atoms with Crippen LogP contribution < -0.4 is 10.6 Å². The Morgan fingerprint density at radius 1 is 1.05 bits per heavy atom. The highest BCUT2D eigenvalue weighted by molar-refractivity contribution is 5.93. The molecule has 4 rings (SSSR count). The minimum absolute atomic E-state index is 0.316. The number of nitrogens with one attached hydrogen (secondary N) is 3. The molecular formula is C36H41F2N5. The summed E-state index contributed by atoms with van der Waals surface area (Å²) in [5, 5.41) is 14.6. The van der Waals surface area contributed by atoms with E-state index in [-0.39, 0.29) is 5.82 Å². The fourth-order valence-electron chi connectivity index (χ4n) is 4.59. The van der Waals surface area contributed by atoms with Gasteiger partial charge in [-0.1, -0.05) is 71.2 Å². The molecule has 0 bridgehead atoms. The maximum atomic E-state index is 15.2. The van der Waals surface area contributed by atoms with Crippen molar-refractivity contribution in [3.63, 3.8) is 0 Å². The summed E-state index contributed by atoms with van der Waals surface area (Å²) in [4.78, 5) is 4.32. The van der Waals surface area contributed by atoms with Gasteiger partial charge in [0.1, 0.15) is 17.3 Å². The third-order valence-corrected chi connectivity index (χ3v) is 6.86. The first-order valence-corrected chi connectivity index (χ1v) is 14.5. The summed E-state index contributed by atoms with van der Waals surface area (Å²) in [6.07, 6.45) is 9.81. The van der Waals surface area contributed by atoms with Crippen molar-refractivity contribution in [2.45, 2.75) is 53.9 Å². The number of benzene rings is 2. The van der Waals surface area contributed by atoms with E-state index in [9.17, 15) is 4.39 Å². The molecule has 0 amide bonds. The van der Waals surface area contributed by atoms with Crippen LogP contribution in [0.2, 0.25) is 0 Å². The number of aromatic amines is 1. The van der Waals surface area contributed by atoms with Gasteiger partial charge in [0, 0.05) is 40.2 Å². The molecule has 0 fully saturated rings. The van der Waals surface area contributed by atoms with E-state index in [1.807, 2.05) is 45.9 Å². The van der Waals surface area contributed by atoms with Gasteiger partial charge >= 0.3 is 0 Å². The van der Waals surface area contributed by atoms with E-state index in [0.717, 1.165) is 53.1 Å². The maximum Gasteiger partial charge on any atom is 0.133 e. The molecule has 0 spiro atoms. The summed E-state index contributed by atoms with van der Waals surface area (Å²) in [6.45, 7) is 22.1. The molecule has 224 valence electrons. The fourth-order valence-corrected chi connectivity index (χ4v) is 4.59. The van der Waals surface area contributed by atoms with Gasteiger partial charge in [0.25, 0.3) is 0 Å². The van der Waals surface area contributed by atoms with E-state index >= 15 is 4.39 Å². The minimum Gasteiger partial charge on any atom is -0.358 e. The summed E-state index contributed by atoms with van der Waals surface area (Å²) in [5.74, 6) is -0.708. The van der Waals surface area contributed by atoms with Crippen LogP contribution in [0.1, 0.15) is 65.1 Å². The summed E-state index contributed by atoms with van der Waals surface area (Å²) < 4.78 is 29.2. The minimum atomic E-state index is -0.392. The second-order valence-electron chi connectivity index (χ2n) is 9.92. The van der Waals surface area contributed by atoms with Gasteiger partial charge in [0.15, 0.2) is 0 Å². The molecule has 2 heterocycles. The first kappa shape index (κ1) is 32.7. The van der Waals surface area contributed by atoms with Crippen LogP contribution in [0.3, 0.4) is 0 Å². The van der Waals surface area contributed by atoms with Gasteiger partial charge in [-0.15, -0.1) is 0 Å². The molecule has 7 heteroatoms. The Kier molecular flexibility index (Phi) is 11.8. The molecule has 5 nitrogen and oxygen atoms in total. The van der Waals surface area contributed by atoms with Crippen LogP contribution >= 0.6 is 0 Å². The van der Waals surface area contributed by atoms with Crippen LogP contribution in [0.15, 0.2) is 104 Å². The van der Waals surface area contributed by atoms with Gasteiger partial charge in [-0.25, -0.2) is 8.78 Å². The average Bonchev–Trinajstić information content (AvgIpc) is 3.42. The van der Waals surface area contributed by atoms with Crippen molar-refractivity contribution in [2.75, 3.05) is 5.32 Å². The number of anilines is 1. The molecule has 0 radical (unpaired) electrons. The topological polar surface area (TPSA) is 65.6 Å². The number of fused-ring (bicyclic) bond motifs is 1. The van der Waals surface area contributed by atoms with Crippen molar-refractivity contribution >= 4 is 27.9 Å². The van der Waals surface area contributed by atoms with Crippen LogP contribution in [0, 0.1) is 11.6 Å². The zero-order chi connectivity index (χ0) is 31.5. The number of aromatic nitrogens is 3. The molecule has 0 aliphatic carbocycles. The zero-order valence-electron chi connectivity index (χ0n) is 25.7. The predicted octanol–water partition coefficient (Wildman–Crippen LogP) is 10.2. The molecule has 0 atom stereocenters. The molecule has 0 unspecified atom stereocenters. The largest absolute Gasteiger partial charge is 0.358 e. The quantitative estimate of drug-likeness (QED) is 0.146. The highest BCUT2D eigenvalue weighted by Gasteiger charge is 2.16. The van der Waals surface area contributed by atoms with Crippen molar-refractivity contribution in [2.24, 2.45) is 0 Å². The van der Waals surface area contributed by atoms with Crippen LogP contribution in [0.5, 0.6) is 0 Å². The SMILES string of the molecule is C=C/C=C(\C(C)=C(/C)NC(=C)c1n[nH]c2cc(F)c(-c3cncc(NC(=C)CCCC)c3)cc12)c1cccc(F)c1.CC. The van der Waals surface area contributed by atoms with Gasteiger partial charge in [0.05, 0.1) is 23.1 Å². The molecular weight excluding hydrogens is 540 g/mol. The highest BCUT2D eigenvalue weighted by atomic mass is 19.1. The Morgan fingerprint density at radius 3 is 2.51 bits per heavy atom. The van der Waals surface area contributed by atoms with E-state index in [1.54, 1.807) is 30.6 Å². The number of allylic oxidation sites excluding steroid dienone is 6.